The Hall–Kier alpha value is -2.29. The summed E-state index contributed by atoms with van der Waals surface area (Å²) >= 11 is 1.60. The average molecular weight is 356 g/mol. The fourth-order valence-corrected chi connectivity index (χ4v) is 2.58. The lowest BCUT2D eigenvalue weighted by atomic mass is 10.4. The third-order valence-corrected chi connectivity index (χ3v) is 3.97. The Morgan fingerprint density at radius 3 is 2.92 bits per heavy atom. The molecule has 2 aromatic rings. The molecule has 2 rings (SSSR count). The minimum absolute atomic E-state index is 0.0361. The summed E-state index contributed by atoms with van der Waals surface area (Å²) in [5, 5.41) is 3.57. The first-order valence-corrected chi connectivity index (χ1v) is 8.07. The van der Waals surface area contributed by atoms with Gasteiger partial charge in [-0.05, 0) is 13.0 Å². The van der Waals surface area contributed by atoms with Crippen molar-refractivity contribution in [2.75, 3.05) is 25.5 Å². The number of nitrogens with zero attached hydrogens (tertiary/aromatic N) is 3. The van der Waals surface area contributed by atoms with Crippen LogP contribution in [0, 0.1) is 6.92 Å². The van der Waals surface area contributed by atoms with Crippen molar-refractivity contribution >= 4 is 23.2 Å². The summed E-state index contributed by atoms with van der Waals surface area (Å²) in [6.45, 7) is 1.74. The molecule has 0 unspecified atom stereocenters. The van der Waals surface area contributed by atoms with Crippen LogP contribution in [0.1, 0.15) is 9.88 Å². The number of carbonyl (C=O) groups excluding carboxylic acids is 1. The third-order valence-electron chi connectivity index (χ3n) is 2.99. The molecule has 24 heavy (non-hydrogen) atoms. The zero-order chi connectivity index (χ0) is 17.5. The number of aromatic nitrogens is 2. The number of carbonyl (C=O) groups is 1. The van der Waals surface area contributed by atoms with Gasteiger partial charge >= 0.3 is 6.03 Å². The zero-order valence-electron chi connectivity index (χ0n) is 13.3. The number of likely N-dealkylation sites (N-methyl/N-ethyl adjacent to an activating group) is 1. The molecule has 130 valence electrons. The maximum atomic E-state index is 12.1. The van der Waals surface area contributed by atoms with Gasteiger partial charge in [0.25, 0.3) is 6.43 Å². The van der Waals surface area contributed by atoms with E-state index in [2.05, 4.69) is 15.3 Å². The van der Waals surface area contributed by atoms with Crippen LogP contribution in [0.4, 0.5) is 19.4 Å². The van der Waals surface area contributed by atoms with E-state index in [4.69, 9.17) is 4.74 Å². The second-order valence-corrected chi connectivity index (χ2v) is 6.35. The molecule has 2 amide bonds. The molecule has 2 aromatic heterocycles. The summed E-state index contributed by atoms with van der Waals surface area (Å²) in [6.07, 6.45) is -0.117. The van der Waals surface area contributed by atoms with E-state index in [1.165, 1.54) is 11.0 Å². The van der Waals surface area contributed by atoms with Gasteiger partial charge < -0.3 is 9.64 Å². The number of hydrogen-bond acceptors (Lipinski definition) is 5. The van der Waals surface area contributed by atoms with Gasteiger partial charge in [-0.25, -0.2) is 18.6 Å². The van der Waals surface area contributed by atoms with E-state index >= 15 is 0 Å². The van der Waals surface area contributed by atoms with Crippen LogP contribution in [-0.4, -0.2) is 47.5 Å². The van der Waals surface area contributed by atoms with E-state index in [0.717, 1.165) is 9.88 Å². The normalized spacial score (nSPS) is 10.7. The number of anilines is 1. The van der Waals surface area contributed by atoms with Crippen molar-refractivity contribution in [3.05, 3.63) is 34.3 Å². The van der Waals surface area contributed by atoms with Crippen LogP contribution in [-0.2, 0) is 6.42 Å². The Balaban J connectivity index is 1.85. The quantitative estimate of drug-likeness (QED) is 0.827. The lowest BCUT2D eigenvalue weighted by molar-refractivity contribution is 0.0796. The highest BCUT2D eigenvalue weighted by molar-refractivity contribution is 7.11. The molecule has 0 aliphatic rings. The lowest BCUT2D eigenvalue weighted by Crippen LogP contribution is -2.33. The average Bonchev–Trinajstić information content (AvgIpc) is 2.96. The number of amides is 2. The maximum Gasteiger partial charge on any atom is 0.322 e. The molecule has 0 fully saturated rings. The standard InChI is InChI=1S/C15H18F2N4O2S/c1-10-8-18-14(24-10)6-7-21(2)15(22)20-12-4-3-5-13(19-12)23-9-11(16)17/h3-5,8,11H,6-7,9H2,1-2H3,(H,19,20,22). The van der Waals surface area contributed by atoms with Crippen molar-refractivity contribution in [3.8, 4) is 5.88 Å². The minimum Gasteiger partial charge on any atom is -0.472 e. The number of halogens is 2. The predicted octanol–water partition coefficient (Wildman–Crippen LogP) is 3.20. The summed E-state index contributed by atoms with van der Waals surface area (Å²) in [6, 6.07) is 4.24. The summed E-state index contributed by atoms with van der Waals surface area (Å²) in [7, 11) is 1.66. The zero-order valence-corrected chi connectivity index (χ0v) is 14.1. The number of urea groups is 1. The van der Waals surface area contributed by atoms with E-state index in [1.54, 1.807) is 36.7 Å². The molecule has 0 aliphatic carbocycles. The van der Waals surface area contributed by atoms with Gasteiger partial charge in [-0.3, -0.25) is 5.32 Å². The molecular weight excluding hydrogens is 338 g/mol. The molecule has 0 spiro atoms. The van der Waals surface area contributed by atoms with Crippen molar-refractivity contribution in [3.63, 3.8) is 0 Å². The first kappa shape index (κ1) is 18.1. The SMILES string of the molecule is Cc1cnc(CCN(C)C(=O)Nc2cccc(OCC(F)F)n2)s1. The smallest absolute Gasteiger partial charge is 0.322 e. The minimum atomic E-state index is -2.58. The molecule has 6 nitrogen and oxygen atoms in total. The van der Waals surface area contributed by atoms with Crippen molar-refractivity contribution in [1.29, 1.82) is 0 Å². The van der Waals surface area contributed by atoms with Crippen LogP contribution >= 0.6 is 11.3 Å². The molecule has 0 bridgehead atoms. The van der Waals surface area contributed by atoms with E-state index in [0.29, 0.717) is 13.0 Å². The van der Waals surface area contributed by atoms with Gasteiger partial charge in [-0.1, -0.05) is 6.07 Å². The molecule has 0 saturated heterocycles. The molecule has 9 heteroatoms. The van der Waals surface area contributed by atoms with Crippen LogP contribution in [0.3, 0.4) is 0 Å². The Bertz CT molecular complexity index is 681. The van der Waals surface area contributed by atoms with Crippen LogP contribution < -0.4 is 10.1 Å². The second-order valence-electron chi connectivity index (χ2n) is 5.03. The van der Waals surface area contributed by atoms with Gasteiger partial charge in [0.1, 0.15) is 5.82 Å². The van der Waals surface area contributed by atoms with Gasteiger partial charge in [0.05, 0.1) is 5.01 Å². The largest absolute Gasteiger partial charge is 0.472 e. The van der Waals surface area contributed by atoms with Crippen LogP contribution in [0.5, 0.6) is 5.88 Å². The van der Waals surface area contributed by atoms with Gasteiger partial charge in [0.2, 0.25) is 5.88 Å². The summed E-state index contributed by atoms with van der Waals surface area (Å²) in [5.41, 5.74) is 0. The van der Waals surface area contributed by atoms with E-state index in [-0.39, 0.29) is 17.7 Å². The number of rotatable bonds is 7. The Labute approximate surface area is 142 Å². The second kappa shape index (κ2) is 8.53. The molecule has 2 heterocycles. The monoisotopic (exact) mass is 356 g/mol. The van der Waals surface area contributed by atoms with Gasteiger partial charge in [-0.2, -0.15) is 4.98 Å². The van der Waals surface area contributed by atoms with E-state index in [9.17, 15) is 13.6 Å². The van der Waals surface area contributed by atoms with Crippen LogP contribution in [0.15, 0.2) is 24.4 Å². The molecule has 0 aliphatic heterocycles. The Morgan fingerprint density at radius 2 is 2.25 bits per heavy atom. The maximum absolute atomic E-state index is 12.1. The lowest BCUT2D eigenvalue weighted by Gasteiger charge is -2.17. The summed E-state index contributed by atoms with van der Waals surface area (Å²) in [4.78, 5) is 23.0. The molecule has 0 radical (unpaired) electrons. The predicted molar refractivity (Wildman–Crippen MR) is 87.9 cm³/mol. The number of thiazole rings is 1. The third kappa shape index (κ3) is 5.73. The van der Waals surface area contributed by atoms with Crippen molar-refractivity contribution in [2.45, 2.75) is 19.8 Å². The van der Waals surface area contributed by atoms with Crippen molar-refractivity contribution < 1.29 is 18.3 Å². The summed E-state index contributed by atoms with van der Waals surface area (Å²) < 4.78 is 29.1. The van der Waals surface area contributed by atoms with Gasteiger partial charge in [0.15, 0.2) is 6.61 Å². The molecule has 1 N–H and O–H groups in total. The summed E-state index contributed by atoms with van der Waals surface area (Å²) in [5.74, 6) is 0.276. The number of hydrogen-bond donors (Lipinski definition) is 1. The number of alkyl halides is 2. The number of ether oxygens (including phenoxy) is 1. The van der Waals surface area contributed by atoms with Crippen molar-refractivity contribution in [2.24, 2.45) is 0 Å². The molecule has 0 saturated carbocycles. The first-order valence-electron chi connectivity index (χ1n) is 7.25. The van der Waals surface area contributed by atoms with Gasteiger partial charge in [-0.15, -0.1) is 11.3 Å². The van der Waals surface area contributed by atoms with Crippen LogP contribution in [0.25, 0.3) is 0 Å². The van der Waals surface area contributed by atoms with E-state index < -0.39 is 13.0 Å². The Morgan fingerprint density at radius 1 is 1.46 bits per heavy atom. The highest BCUT2D eigenvalue weighted by Gasteiger charge is 2.11. The number of aryl methyl sites for hydroxylation is 1. The topological polar surface area (TPSA) is 67.4 Å². The molecule has 0 aromatic carbocycles. The van der Waals surface area contributed by atoms with Crippen LogP contribution in [0.2, 0.25) is 0 Å². The molecule has 0 atom stereocenters. The number of pyridine rings is 1. The van der Waals surface area contributed by atoms with Crippen molar-refractivity contribution in [1.82, 2.24) is 14.9 Å². The fraction of sp³-hybridized carbons (Fsp3) is 0.400. The Kier molecular flexibility index (Phi) is 6.42. The highest BCUT2D eigenvalue weighted by Crippen LogP contribution is 2.14. The van der Waals surface area contributed by atoms with E-state index in [1.807, 2.05) is 6.92 Å². The van der Waals surface area contributed by atoms with Gasteiger partial charge in [0, 0.05) is 37.2 Å². The number of nitrogens with one attached hydrogen (secondary N) is 1. The molecular formula is C15H18F2N4O2S. The highest BCUT2D eigenvalue weighted by atomic mass is 32.1. The fourth-order valence-electron chi connectivity index (χ4n) is 1.80. The first-order chi connectivity index (χ1) is 11.4.